The molecule has 1 heterocycles. The molecule has 2 rings (SSSR count). The second-order valence-electron chi connectivity index (χ2n) is 6.27. The first-order valence-corrected chi connectivity index (χ1v) is 10.4. The molecule has 11 heteroatoms. The van der Waals surface area contributed by atoms with Crippen molar-refractivity contribution in [2.75, 3.05) is 45.8 Å². The molecule has 0 aromatic heterocycles. The minimum atomic E-state index is -4.83. The normalized spacial score (nSPS) is 16.8. The summed E-state index contributed by atoms with van der Waals surface area (Å²) in [7, 11) is -3.83. The zero-order valence-corrected chi connectivity index (χ0v) is 16.6. The van der Waals surface area contributed by atoms with E-state index in [1.165, 1.54) is 4.31 Å². The lowest BCUT2D eigenvalue weighted by molar-refractivity contribution is -0.274. The lowest BCUT2D eigenvalue weighted by Gasteiger charge is -2.34. The van der Waals surface area contributed by atoms with E-state index in [-0.39, 0.29) is 30.4 Å². The summed E-state index contributed by atoms with van der Waals surface area (Å²) in [4.78, 5) is 15.7. The van der Waals surface area contributed by atoms with Gasteiger partial charge in [0.2, 0.25) is 15.9 Å². The highest BCUT2D eigenvalue weighted by atomic mass is 32.2. The fourth-order valence-electron chi connectivity index (χ4n) is 2.96. The summed E-state index contributed by atoms with van der Waals surface area (Å²) in [5.41, 5.74) is 0. The number of hydrogen-bond acceptors (Lipinski definition) is 5. The Morgan fingerprint density at radius 1 is 1.07 bits per heavy atom. The van der Waals surface area contributed by atoms with Gasteiger partial charge in [-0.1, -0.05) is 0 Å². The van der Waals surface area contributed by atoms with Crippen molar-refractivity contribution in [2.45, 2.75) is 25.1 Å². The smallest absolute Gasteiger partial charge is 0.406 e. The lowest BCUT2D eigenvalue weighted by Crippen LogP contribution is -2.51. The van der Waals surface area contributed by atoms with Gasteiger partial charge in [-0.15, -0.1) is 13.2 Å². The molecule has 0 atom stereocenters. The molecule has 0 N–H and O–H groups in total. The van der Waals surface area contributed by atoms with Crippen molar-refractivity contribution in [3.8, 4) is 5.75 Å². The summed E-state index contributed by atoms with van der Waals surface area (Å²) in [5, 5.41) is 0. The highest BCUT2D eigenvalue weighted by molar-refractivity contribution is 7.89. The number of sulfonamides is 1. The Morgan fingerprint density at radius 3 is 2.07 bits per heavy atom. The second kappa shape index (κ2) is 9.10. The van der Waals surface area contributed by atoms with Crippen molar-refractivity contribution in [1.29, 1.82) is 0 Å². The number of likely N-dealkylation sites (N-methyl/N-ethyl adjacent to an activating group) is 1. The van der Waals surface area contributed by atoms with Crippen molar-refractivity contribution < 1.29 is 31.1 Å². The van der Waals surface area contributed by atoms with E-state index in [9.17, 15) is 26.4 Å². The number of ether oxygens (including phenoxy) is 1. The molecule has 1 aliphatic heterocycles. The molecule has 1 fully saturated rings. The van der Waals surface area contributed by atoms with E-state index >= 15 is 0 Å². The maximum absolute atomic E-state index is 12.7. The van der Waals surface area contributed by atoms with E-state index in [0.29, 0.717) is 26.2 Å². The van der Waals surface area contributed by atoms with Crippen LogP contribution in [0.2, 0.25) is 0 Å². The van der Waals surface area contributed by atoms with Crippen molar-refractivity contribution >= 4 is 15.9 Å². The standard InChI is InChI=1S/C17H24F3N3O4S/c1-3-22(4-2)16(24)13-21-9-11-23(12-10-21)28(25,26)15-7-5-14(6-8-15)27-17(18,19)20/h5-8H,3-4,9-13H2,1-2H3. The maximum Gasteiger partial charge on any atom is 0.573 e. The van der Waals surface area contributed by atoms with Gasteiger partial charge in [0.15, 0.2) is 0 Å². The zero-order valence-electron chi connectivity index (χ0n) is 15.8. The molecule has 1 aliphatic rings. The Balaban J connectivity index is 1.96. The SMILES string of the molecule is CCN(CC)C(=O)CN1CCN(S(=O)(=O)c2ccc(OC(F)(F)F)cc2)CC1. The van der Waals surface area contributed by atoms with Crippen LogP contribution in [0.5, 0.6) is 5.75 Å². The number of amides is 1. The lowest BCUT2D eigenvalue weighted by atomic mass is 10.3. The average molecular weight is 423 g/mol. The molecule has 7 nitrogen and oxygen atoms in total. The number of halogens is 3. The van der Waals surface area contributed by atoms with Crippen molar-refractivity contribution in [1.82, 2.24) is 14.1 Å². The van der Waals surface area contributed by atoms with E-state index in [0.717, 1.165) is 24.3 Å². The molecule has 0 bridgehead atoms. The molecule has 0 radical (unpaired) electrons. The van der Waals surface area contributed by atoms with Gasteiger partial charge in [0.25, 0.3) is 0 Å². The van der Waals surface area contributed by atoms with Gasteiger partial charge in [-0.05, 0) is 38.1 Å². The minimum absolute atomic E-state index is 0.00144. The maximum atomic E-state index is 12.7. The van der Waals surface area contributed by atoms with Crippen LogP contribution in [0.1, 0.15) is 13.8 Å². The summed E-state index contributed by atoms with van der Waals surface area (Å²) in [5.74, 6) is -0.479. The molecular formula is C17H24F3N3O4S. The van der Waals surface area contributed by atoms with Crippen LogP contribution in [0.15, 0.2) is 29.2 Å². The first-order chi connectivity index (χ1) is 13.1. The van der Waals surface area contributed by atoms with Crippen LogP contribution in [0.25, 0.3) is 0 Å². The largest absolute Gasteiger partial charge is 0.573 e. The number of nitrogens with zero attached hydrogens (tertiary/aromatic N) is 3. The molecule has 1 amide bonds. The molecule has 158 valence electrons. The van der Waals surface area contributed by atoms with E-state index in [1.807, 2.05) is 18.7 Å². The molecule has 1 aromatic carbocycles. The number of piperazine rings is 1. The van der Waals surface area contributed by atoms with Crippen LogP contribution in [-0.4, -0.2) is 80.6 Å². The Bertz CT molecular complexity index is 757. The Morgan fingerprint density at radius 2 is 1.61 bits per heavy atom. The van der Waals surface area contributed by atoms with Crippen LogP contribution in [0, 0.1) is 0 Å². The minimum Gasteiger partial charge on any atom is -0.406 e. The molecule has 0 aliphatic carbocycles. The van der Waals surface area contributed by atoms with Crippen LogP contribution >= 0.6 is 0 Å². The van der Waals surface area contributed by atoms with Gasteiger partial charge < -0.3 is 9.64 Å². The summed E-state index contributed by atoms with van der Waals surface area (Å²) in [6.07, 6.45) is -4.83. The number of alkyl halides is 3. The van der Waals surface area contributed by atoms with Crippen LogP contribution in [-0.2, 0) is 14.8 Å². The summed E-state index contributed by atoms with van der Waals surface area (Å²) in [6, 6.07) is 4.12. The van der Waals surface area contributed by atoms with Crippen molar-refractivity contribution in [3.63, 3.8) is 0 Å². The third-order valence-electron chi connectivity index (χ3n) is 4.50. The Hall–Kier alpha value is -1.85. The third kappa shape index (κ3) is 5.82. The number of benzene rings is 1. The van der Waals surface area contributed by atoms with E-state index < -0.39 is 22.1 Å². The fraction of sp³-hybridized carbons (Fsp3) is 0.588. The predicted molar refractivity (Wildman–Crippen MR) is 96.3 cm³/mol. The van der Waals surface area contributed by atoms with Crippen LogP contribution < -0.4 is 4.74 Å². The van der Waals surface area contributed by atoms with E-state index in [1.54, 1.807) is 4.90 Å². The molecular weight excluding hydrogens is 399 g/mol. The first-order valence-electron chi connectivity index (χ1n) is 8.93. The number of carbonyl (C=O) groups is 1. The fourth-order valence-corrected chi connectivity index (χ4v) is 4.38. The molecule has 1 aromatic rings. The van der Waals surface area contributed by atoms with Crippen molar-refractivity contribution in [2.24, 2.45) is 0 Å². The van der Waals surface area contributed by atoms with Gasteiger partial charge in [-0.25, -0.2) is 8.42 Å². The first kappa shape index (κ1) is 22.4. The number of hydrogen-bond donors (Lipinski definition) is 0. The Kier molecular flexibility index (Phi) is 7.29. The molecule has 0 unspecified atom stereocenters. The quantitative estimate of drug-likeness (QED) is 0.669. The van der Waals surface area contributed by atoms with Crippen molar-refractivity contribution in [3.05, 3.63) is 24.3 Å². The predicted octanol–water partition coefficient (Wildman–Crippen LogP) is 1.76. The third-order valence-corrected chi connectivity index (χ3v) is 6.41. The van der Waals surface area contributed by atoms with Gasteiger partial charge in [-0.3, -0.25) is 9.69 Å². The summed E-state index contributed by atoms with van der Waals surface area (Å²) in [6.45, 7) is 6.49. The van der Waals surface area contributed by atoms with E-state index in [4.69, 9.17) is 0 Å². The average Bonchev–Trinajstić information content (AvgIpc) is 2.62. The summed E-state index contributed by atoms with van der Waals surface area (Å²) >= 11 is 0. The topological polar surface area (TPSA) is 70.2 Å². The molecule has 0 saturated carbocycles. The molecule has 28 heavy (non-hydrogen) atoms. The highest BCUT2D eigenvalue weighted by Crippen LogP contribution is 2.25. The zero-order chi connectivity index (χ0) is 20.9. The molecule has 1 saturated heterocycles. The second-order valence-corrected chi connectivity index (χ2v) is 8.20. The number of rotatable bonds is 7. The van der Waals surface area contributed by atoms with Gasteiger partial charge >= 0.3 is 6.36 Å². The summed E-state index contributed by atoms with van der Waals surface area (Å²) < 4.78 is 67.0. The van der Waals surface area contributed by atoms with Gasteiger partial charge in [0.1, 0.15) is 5.75 Å². The van der Waals surface area contributed by atoms with E-state index in [2.05, 4.69) is 4.74 Å². The van der Waals surface area contributed by atoms with Crippen LogP contribution in [0.4, 0.5) is 13.2 Å². The monoisotopic (exact) mass is 423 g/mol. The van der Waals surface area contributed by atoms with Gasteiger partial charge in [0, 0.05) is 39.3 Å². The van der Waals surface area contributed by atoms with Gasteiger partial charge in [-0.2, -0.15) is 4.31 Å². The molecule has 0 spiro atoms. The highest BCUT2D eigenvalue weighted by Gasteiger charge is 2.32. The number of carbonyl (C=O) groups excluding carboxylic acids is 1. The Labute approximate surface area is 162 Å². The van der Waals surface area contributed by atoms with Crippen LogP contribution in [0.3, 0.4) is 0 Å². The van der Waals surface area contributed by atoms with Gasteiger partial charge in [0.05, 0.1) is 11.4 Å².